The van der Waals surface area contributed by atoms with Crippen molar-refractivity contribution in [2.24, 2.45) is 5.73 Å². The van der Waals surface area contributed by atoms with Crippen LogP contribution < -0.4 is 27.8 Å². The van der Waals surface area contributed by atoms with E-state index in [9.17, 15) is 18.4 Å². The Labute approximate surface area is 163 Å². The maximum Gasteiger partial charge on any atom is 0.278 e. The molecule has 8 nitrogen and oxygen atoms in total. The summed E-state index contributed by atoms with van der Waals surface area (Å²) in [4.78, 5) is 27.7. The number of amidine groups is 1. The molecule has 0 atom stereocenters. The van der Waals surface area contributed by atoms with E-state index in [0.717, 1.165) is 16.7 Å². The predicted octanol–water partition coefficient (Wildman–Crippen LogP) is -0.530. The largest absolute Gasteiger partial charge is 0.397 e. The Morgan fingerprint density at radius 3 is 2.48 bits per heavy atom. The van der Waals surface area contributed by atoms with Gasteiger partial charge in [-0.05, 0) is 24.3 Å². The quantitative estimate of drug-likeness (QED) is 0.250. The normalized spacial score (nSPS) is 10.6. The average molecular weight is 399 g/mol. The maximum absolute atomic E-state index is 14.3. The van der Waals surface area contributed by atoms with Crippen molar-refractivity contribution < 1.29 is 19.0 Å². The molecule has 0 saturated carbocycles. The molecular formula is C19H17F2N6O2+. The summed E-state index contributed by atoms with van der Waals surface area (Å²) >= 11 is 0. The Morgan fingerprint density at radius 1 is 1.21 bits per heavy atom. The fourth-order valence-electron chi connectivity index (χ4n) is 2.87. The third-order valence-electron chi connectivity index (χ3n) is 4.17. The number of nitrogens with zero attached hydrogens (tertiary/aromatic N) is 2. The lowest BCUT2D eigenvalue weighted by Crippen LogP contribution is -2.50. The summed E-state index contributed by atoms with van der Waals surface area (Å²) in [6.45, 7) is 0.150. The van der Waals surface area contributed by atoms with Crippen LogP contribution in [0.4, 0.5) is 14.5 Å². The number of amides is 1. The van der Waals surface area contributed by atoms with Gasteiger partial charge in [0, 0.05) is 11.8 Å². The maximum atomic E-state index is 14.3. The first-order valence-electron chi connectivity index (χ1n) is 8.36. The van der Waals surface area contributed by atoms with Gasteiger partial charge >= 0.3 is 0 Å². The molecule has 1 aromatic carbocycles. The molecule has 2 aromatic heterocycles. The summed E-state index contributed by atoms with van der Waals surface area (Å²) in [7, 11) is 0. The smallest absolute Gasteiger partial charge is 0.278 e. The second kappa shape index (κ2) is 7.89. The number of hydrogen-bond donors (Lipinski definition) is 4. The molecule has 29 heavy (non-hydrogen) atoms. The highest BCUT2D eigenvalue weighted by Crippen LogP contribution is 2.27. The van der Waals surface area contributed by atoms with E-state index < -0.39 is 28.7 Å². The molecule has 0 aliphatic heterocycles. The van der Waals surface area contributed by atoms with Crippen LogP contribution in [0, 0.1) is 11.6 Å². The van der Waals surface area contributed by atoms with E-state index in [-0.39, 0.29) is 23.4 Å². The minimum atomic E-state index is -0.957. The van der Waals surface area contributed by atoms with Crippen LogP contribution in [0.5, 0.6) is 0 Å². The van der Waals surface area contributed by atoms with Gasteiger partial charge in [-0.2, -0.15) is 0 Å². The average Bonchev–Trinajstić information content (AvgIpc) is 2.68. The molecule has 0 unspecified atom stereocenters. The number of rotatable bonds is 6. The van der Waals surface area contributed by atoms with Gasteiger partial charge in [-0.1, -0.05) is 12.1 Å². The topological polar surface area (TPSA) is 142 Å². The third kappa shape index (κ3) is 3.68. The van der Waals surface area contributed by atoms with Crippen molar-refractivity contribution in [2.75, 3.05) is 5.73 Å². The number of benzene rings is 1. The number of anilines is 1. The SMILES string of the molecule is NC(=[NH2+])c1c(N)c(-c2cccc(CNC=O)n2)cn(-c2c(F)cccc2F)c1=O. The molecular weight excluding hydrogens is 382 g/mol. The van der Waals surface area contributed by atoms with E-state index in [1.165, 1.54) is 12.3 Å². The molecule has 3 rings (SSSR count). The summed E-state index contributed by atoms with van der Waals surface area (Å²) in [5.41, 5.74) is 10.8. The van der Waals surface area contributed by atoms with Crippen LogP contribution in [-0.4, -0.2) is 21.8 Å². The van der Waals surface area contributed by atoms with Crippen molar-refractivity contribution in [3.63, 3.8) is 0 Å². The highest BCUT2D eigenvalue weighted by molar-refractivity contribution is 6.00. The van der Waals surface area contributed by atoms with Gasteiger partial charge in [0.15, 0.2) is 5.56 Å². The number of hydrogen-bond acceptors (Lipinski definition) is 4. The van der Waals surface area contributed by atoms with Crippen LogP contribution in [0.2, 0.25) is 0 Å². The standard InChI is InChI=1S/C19H16F2N6O2/c20-12-4-2-5-13(21)17(12)27-8-11(16(22)15(18(23)24)19(27)29)14-6-1-3-10(26-14)7-25-9-28/h1-6,8-9H,7,22H2,(H3,23,24)(H,25,28)/p+1. The number of nitrogens with two attached hydrogens (primary N) is 3. The summed E-state index contributed by atoms with van der Waals surface area (Å²) in [6.07, 6.45) is 1.69. The molecule has 3 aromatic rings. The first-order chi connectivity index (χ1) is 13.8. The molecule has 0 radical (unpaired) electrons. The van der Waals surface area contributed by atoms with Crippen molar-refractivity contribution in [1.29, 1.82) is 0 Å². The predicted molar refractivity (Wildman–Crippen MR) is 103 cm³/mol. The molecule has 0 bridgehead atoms. The Bertz CT molecular complexity index is 1160. The first-order valence-corrected chi connectivity index (χ1v) is 8.36. The second-order valence-electron chi connectivity index (χ2n) is 6.05. The van der Waals surface area contributed by atoms with Gasteiger partial charge in [-0.3, -0.25) is 30.3 Å². The number of halogens is 2. The van der Waals surface area contributed by atoms with Crippen LogP contribution in [0.15, 0.2) is 47.4 Å². The van der Waals surface area contributed by atoms with Crippen LogP contribution in [0.1, 0.15) is 11.3 Å². The Morgan fingerprint density at radius 2 is 1.86 bits per heavy atom. The molecule has 0 saturated heterocycles. The van der Waals surface area contributed by atoms with Gasteiger partial charge in [0.2, 0.25) is 6.41 Å². The summed E-state index contributed by atoms with van der Waals surface area (Å²) < 4.78 is 29.4. The zero-order chi connectivity index (χ0) is 21.1. The van der Waals surface area contributed by atoms with Crippen LogP contribution in [0.25, 0.3) is 16.9 Å². The van der Waals surface area contributed by atoms with Gasteiger partial charge in [0.25, 0.3) is 11.4 Å². The van der Waals surface area contributed by atoms with Gasteiger partial charge in [0.05, 0.1) is 23.6 Å². The molecule has 0 aliphatic rings. The highest BCUT2D eigenvalue weighted by Gasteiger charge is 2.23. The minimum Gasteiger partial charge on any atom is -0.397 e. The van der Waals surface area contributed by atoms with E-state index in [1.807, 2.05) is 0 Å². The van der Waals surface area contributed by atoms with E-state index in [4.69, 9.17) is 16.9 Å². The fraction of sp³-hybridized carbons (Fsp3) is 0.0526. The van der Waals surface area contributed by atoms with Gasteiger partial charge in [-0.25, -0.2) is 8.78 Å². The third-order valence-corrected chi connectivity index (χ3v) is 4.17. The van der Waals surface area contributed by atoms with Crippen LogP contribution in [0.3, 0.4) is 0 Å². The van der Waals surface area contributed by atoms with Crippen molar-refractivity contribution >= 4 is 17.9 Å². The number of carbonyl (C=O) groups is 1. The molecule has 0 aliphatic carbocycles. The monoisotopic (exact) mass is 399 g/mol. The number of pyridine rings is 2. The zero-order valence-electron chi connectivity index (χ0n) is 15.0. The van der Waals surface area contributed by atoms with Gasteiger partial charge in [0.1, 0.15) is 17.3 Å². The molecule has 2 heterocycles. The molecule has 148 valence electrons. The first kappa shape index (κ1) is 19.7. The van der Waals surface area contributed by atoms with Crippen molar-refractivity contribution in [1.82, 2.24) is 14.9 Å². The Kier molecular flexibility index (Phi) is 5.35. The number of nitrogens with one attached hydrogen (secondary N) is 1. The van der Waals surface area contributed by atoms with Gasteiger partial charge < -0.3 is 11.1 Å². The number of carbonyl (C=O) groups excluding carboxylic acids is 1. The van der Waals surface area contributed by atoms with Crippen LogP contribution in [-0.2, 0) is 11.3 Å². The van der Waals surface area contributed by atoms with E-state index in [2.05, 4.69) is 10.3 Å². The fourth-order valence-corrected chi connectivity index (χ4v) is 2.87. The van der Waals surface area contributed by atoms with Crippen molar-refractivity contribution in [3.8, 4) is 16.9 Å². The minimum absolute atomic E-state index is 0.0870. The zero-order valence-corrected chi connectivity index (χ0v) is 15.0. The van der Waals surface area contributed by atoms with Crippen molar-refractivity contribution in [3.05, 3.63) is 75.8 Å². The summed E-state index contributed by atoms with van der Waals surface area (Å²) in [6, 6.07) is 8.09. The number of nitrogen functional groups attached to an aromatic ring is 1. The molecule has 0 fully saturated rings. The Hall–Kier alpha value is -4.08. The molecule has 7 N–H and O–H groups in total. The molecule has 0 spiro atoms. The number of aromatic nitrogens is 2. The lowest BCUT2D eigenvalue weighted by atomic mass is 10.1. The number of para-hydroxylation sites is 1. The van der Waals surface area contributed by atoms with Crippen molar-refractivity contribution in [2.45, 2.75) is 6.54 Å². The lowest BCUT2D eigenvalue weighted by Gasteiger charge is -2.15. The summed E-state index contributed by atoms with van der Waals surface area (Å²) in [5, 5.41) is 8.10. The van der Waals surface area contributed by atoms with Crippen LogP contribution >= 0.6 is 0 Å². The second-order valence-corrected chi connectivity index (χ2v) is 6.05. The Balaban J connectivity index is 2.32. The highest BCUT2D eigenvalue weighted by atomic mass is 19.1. The van der Waals surface area contributed by atoms with E-state index >= 15 is 0 Å². The molecule has 10 heteroatoms. The van der Waals surface area contributed by atoms with E-state index in [1.54, 1.807) is 18.2 Å². The van der Waals surface area contributed by atoms with E-state index in [0.29, 0.717) is 17.8 Å². The lowest BCUT2D eigenvalue weighted by molar-refractivity contribution is -0.114. The van der Waals surface area contributed by atoms with Gasteiger partial charge in [-0.15, -0.1) is 0 Å². The summed E-state index contributed by atoms with van der Waals surface area (Å²) in [5.74, 6) is -2.32. The molecule has 1 amide bonds.